The minimum absolute atomic E-state index is 0. The summed E-state index contributed by atoms with van der Waals surface area (Å²) >= 11 is 0. The molecule has 9 nitrogen and oxygen atoms in total. The van der Waals surface area contributed by atoms with Gasteiger partial charge in [-0.25, -0.2) is 9.78 Å². The molecule has 1 rings (SSSR count). The average molecular weight is 592 g/mol. The quantitative estimate of drug-likeness (QED) is 0.114. The molecule has 2 amide bonds. The van der Waals surface area contributed by atoms with Crippen molar-refractivity contribution >= 4 is 18.3 Å². The fourth-order valence-electron chi connectivity index (χ4n) is 1.82. The Morgan fingerprint density at radius 1 is 1.48 bits per heavy atom. The third-order valence-electron chi connectivity index (χ3n) is 2.96. The summed E-state index contributed by atoms with van der Waals surface area (Å²) in [7, 11) is 0. The first kappa shape index (κ1) is 21.0. The number of esters is 1. The van der Waals surface area contributed by atoms with Crippen molar-refractivity contribution in [2.24, 2.45) is 0 Å². The molecule has 0 aliphatic heterocycles. The van der Waals surface area contributed by atoms with Crippen LogP contribution in [0, 0.1) is 0 Å². The molecule has 0 atom stereocenters. The van der Waals surface area contributed by atoms with Crippen LogP contribution in [0.3, 0.4) is 0 Å². The van der Waals surface area contributed by atoms with Crippen LogP contribution in [0.1, 0.15) is 6.42 Å². The van der Waals surface area contributed by atoms with Crippen molar-refractivity contribution < 1.29 is 19.1 Å². The topological polar surface area (TPSA) is 111 Å². The van der Waals surface area contributed by atoms with E-state index in [1.165, 1.54) is 34.3 Å². The monoisotopic (exact) mass is 592 g/mol. The molecule has 0 saturated carbocycles. The third kappa shape index (κ3) is 7.73. The fourth-order valence-corrected chi connectivity index (χ4v) is 1.82. The van der Waals surface area contributed by atoms with Crippen LogP contribution in [0.25, 0.3) is 0 Å². The van der Waals surface area contributed by atoms with Crippen molar-refractivity contribution in [2.75, 3.05) is 26.2 Å². The largest absolute Gasteiger partial charge is 0.528 e. The van der Waals surface area contributed by atoms with Gasteiger partial charge < -0.3 is 19.7 Å². The maximum Gasteiger partial charge on any atom is 0.347 e. The summed E-state index contributed by atoms with van der Waals surface area (Å²) in [6.07, 6.45) is 5.80. The number of ether oxygens (including phenoxy) is 1. The fraction of sp³-hybridized carbons (Fsp3) is 0.400. The molecular weight excluding hydrogens is 573 g/mol. The van der Waals surface area contributed by atoms with Gasteiger partial charge in [-0.1, -0.05) is 12.7 Å². The van der Waals surface area contributed by atoms with E-state index in [0.717, 1.165) is 0 Å². The smallest absolute Gasteiger partial charge is 0.347 e. The van der Waals surface area contributed by atoms with Gasteiger partial charge in [-0.15, -0.1) is 0 Å². The second-order valence-corrected chi connectivity index (χ2v) is 4.66. The van der Waals surface area contributed by atoms with E-state index in [4.69, 9.17) is 4.74 Å². The first-order chi connectivity index (χ1) is 11.6. The number of rotatable bonds is 11. The molecule has 0 unspecified atom stereocenters. The molecule has 0 bridgehead atoms. The number of hydrogen-bond donors (Lipinski definition) is 1. The minimum Gasteiger partial charge on any atom is -0.528 e. The Balaban J connectivity index is 0.00000576. The van der Waals surface area contributed by atoms with E-state index < -0.39 is 11.7 Å². The molecule has 10 heteroatoms. The Hall–Kier alpha value is -3.97. The maximum absolute atomic E-state index is 12.3. The van der Waals surface area contributed by atoms with E-state index in [1.54, 1.807) is 6.07 Å². The molecule has 1 aromatic rings. The van der Waals surface area contributed by atoms with Crippen molar-refractivity contribution in [3.05, 3.63) is 41.6 Å². The Kier molecular flexibility index (Phi) is 9.74. The second kappa shape index (κ2) is 11.6. The van der Waals surface area contributed by atoms with Gasteiger partial charge in [0, 0.05) is 38.4 Å². The predicted molar refractivity (Wildman–Crippen MR) is 84.5 cm³/mol. The Morgan fingerprint density at radius 2 is 2.24 bits per heavy atom. The number of aromatic nitrogens is 2. The van der Waals surface area contributed by atoms with Crippen LogP contribution in [0.2, 0.25) is 0 Å². The molecule has 0 aromatic carbocycles. The van der Waals surface area contributed by atoms with Crippen LogP contribution >= 0.6 is 0 Å². The van der Waals surface area contributed by atoms with E-state index >= 15 is 0 Å². The summed E-state index contributed by atoms with van der Waals surface area (Å²) < 4.78 is 6.14. The van der Waals surface area contributed by atoms with Crippen molar-refractivity contribution in [3.8, 4) is 0 Å². The summed E-state index contributed by atoms with van der Waals surface area (Å²) in [6, 6.07) is 1.58. The molecule has 1 heterocycles. The van der Waals surface area contributed by atoms with E-state index in [1.807, 2.05) is 0 Å². The van der Waals surface area contributed by atoms with E-state index in [-0.39, 0.29) is 45.1 Å². The van der Waals surface area contributed by atoms with Crippen LogP contribution in [-0.2, 0) is 25.7 Å². The van der Waals surface area contributed by atoms with Crippen molar-refractivity contribution in [3.63, 3.8) is 0 Å². The van der Waals surface area contributed by atoms with Gasteiger partial charge in [0.2, 0.25) is 5.91 Å². The normalized spacial score (nSPS) is 9.44. The van der Waals surface area contributed by atoms with Gasteiger partial charge in [-0.2, -0.15) is 6.41 Å². The summed E-state index contributed by atoms with van der Waals surface area (Å²) in [4.78, 5) is 50.4. The molecule has 0 aliphatic carbocycles. The molecule has 0 spiro atoms. The molecule has 1 N–H and O–H groups in total. The number of carbonyl (C=O) groups excluding carboxylic acids is 3. The van der Waals surface area contributed by atoms with Crippen molar-refractivity contribution in [2.45, 2.75) is 13.0 Å². The number of nitrogens with one attached hydrogen (secondary N) is 1. The van der Waals surface area contributed by atoms with E-state index in [0.29, 0.717) is 0 Å². The van der Waals surface area contributed by atoms with Gasteiger partial charge in [-0.3, -0.25) is 14.2 Å². The molecule has 0 radical (unpaired) electrons. The summed E-state index contributed by atoms with van der Waals surface area (Å²) in [5.41, 5.74) is -0.459. The summed E-state index contributed by atoms with van der Waals surface area (Å²) in [5.74, 6) is -0.939. The Bertz CT molecular complexity index is 634. The van der Waals surface area contributed by atoms with Gasteiger partial charge in [0.15, 0.2) is 0 Å². The van der Waals surface area contributed by atoms with Crippen LogP contribution in [0.5, 0.6) is 0 Å². The van der Waals surface area contributed by atoms with Crippen LogP contribution in [0.4, 0.5) is 0 Å². The van der Waals surface area contributed by atoms with Crippen LogP contribution in [0.15, 0.2) is 35.9 Å². The molecule has 1 aromatic heterocycles. The van der Waals surface area contributed by atoms with Gasteiger partial charge in [0.25, 0.3) is 0 Å². The predicted octanol–water partition coefficient (Wildman–Crippen LogP) is -1.15. The number of hydrogen-bond acceptors (Lipinski definition) is 6. The molecule has 25 heavy (non-hydrogen) atoms. The first-order valence-corrected chi connectivity index (χ1v) is 7.24. The maximum atomic E-state index is 12.3. The number of carbonyl (C=O) groups is 2. The average Bonchev–Trinajstić information content (AvgIpc) is 2.58. The minimum atomic E-state index is -0.586. The number of amides is 2. The van der Waals surface area contributed by atoms with Gasteiger partial charge >= 0.3 is 11.7 Å². The standard InChI is InChI=1S/C15H19N4O5.Fm/c1-2-10-24-14(22)11-19(9-6-16-12-20)13(21)4-8-18-7-3-5-17-15(18)23;/h2-3,5,7H,1,4,6,8-11H2,(H,16,20);/q-1;. The zero-order valence-electron chi connectivity index (χ0n) is 13.4. The zero-order chi connectivity index (χ0) is 17.8. The molecule has 0 fully saturated rings. The Morgan fingerprint density at radius 3 is 2.88 bits per heavy atom. The van der Waals surface area contributed by atoms with Crippen LogP contribution < -0.4 is 11.0 Å². The zero-order valence-corrected chi connectivity index (χ0v) is 15.8. The number of nitrogens with zero attached hydrogens (tertiary/aromatic N) is 3. The summed E-state index contributed by atoms with van der Waals surface area (Å²) in [5, 5.41) is 2.30. The first-order valence-electron chi connectivity index (χ1n) is 7.24. The molecule has 0 aliphatic rings. The van der Waals surface area contributed by atoms with Gasteiger partial charge in [-0.05, 0) is 6.07 Å². The van der Waals surface area contributed by atoms with Crippen molar-refractivity contribution in [1.29, 1.82) is 0 Å². The SMILES string of the molecule is C=CCOC(=O)CN(CCN[C-]=O)C(=O)CCn1cccnc1=O.[Fm]. The van der Waals surface area contributed by atoms with Gasteiger partial charge in [0.05, 0.1) is 0 Å². The summed E-state index contributed by atoms with van der Waals surface area (Å²) in [6.45, 7) is 3.63. The molecular formula is C15H19FmN4O5-. The number of aryl methyl sites for hydroxylation is 1. The van der Waals surface area contributed by atoms with E-state index in [2.05, 4.69) is 16.9 Å². The van der Waals surface area contributed by atoms with E-state index in [9.17, 15) is 19.2 Å². The molecule has 142 valence electrons. The second-order valence-electron chi connectivity index (χ2n) is 4.66. The van der Waals surface area contributed by atoms with Crippen molar-refractivity contribution in [1.82, 2.24) is 19.8 Å². The Labute approximate surface area is 138 Å². The van der Waals surface area contributed by atoms with Gasteiger partial charge in [0.1, 0.15) is 13.2 Å². The van der Waals surface area contributed by atoms with Crippen LogP contribution in [-0.4, -0.2) is 59.0 Å². The third-order valence-corrected chi connectivity index (χ3v) is 2.96. The molecule has 0 saturated heterocycles.